The number of hydrogen-bond acceptors (Lipinski definition) is 5. The third-order valence-corrected chi connectivity index (χ3v) is 6.25. The number of alkyl halides is 3. The van der Waals surface area contributed by atoms with E-state index in [1.807, 2.05) is 12.1 Å². The zero-order valence-electron chi connectivity index (χ0n) is 20.8. The van der Waals surface area contributed by atoms with Gasteiger partial charge in [0.25, 0.3) is 5.91 Å². The van der Waals surface area contributed by atoms with Crippen LogP contribution in [0.4, 0.5) is 24.7 Å². The van der Waals surface area contributed by atoms with E-state index < -0.39 is 17.6 Å². The van der Waals surface area contributed by atoms with Gasteiger partial charge in [0.1, 0.15) is 11.5 Å². The van der Waals surface area contributed by atoms with Gasteiger partial charge in [-0.15, -0.1) is 5.10 Å². The summed E-state index contributed by atoms with van der Waals surface area (Å²) in [6, 6.07) is 12.3. The number of anilines is 2. The van der Waals surface area contributed by atoms with Crippen molar-refractivity contribution in [1.29, 1.82) is 0 Å². The van der Waals surface area contributed by atoms with Crippen LogP contribution in [0, 0.1) is 25.7 Å². The molecule has 10 heteroatoms. The quantitative estimate of drug-likeness (QED) is 0.392. The molecule has 5 rings (SSSR count). The number of amides is 1. The van der Waals surface area contributed by atoms with Crippen LogP contribution in [-0.4, -0.2) is 46.8 Å². The Balaban J connectivity index is 1.40. The number of ether oxygens (including phenoxy) is 1. The molecule has 0 aliphatic carbocycles. The highest BCUT2D eigenvalue weighted by molar-refractivity contribution is 6.05. The molecule has 3 heterocycles. The molecule has 0 spiro atoms. The Labute approximate surface area is 217 Å². The monoisotopic (exact) mass is 519 g/mol. The van der Waals surface area contributed by atoms with Gasteiger partial charge in [0, 0.05) is 29.9 Å². The molecule has 1 saturated heterocycles. The van der Waals surface area contributed by atoms with Crippen molar-refractivity contribution in [2.75, 3.05) is 36.5 Å². The number of hydrogen-bond donors (Lipinski definition) is 1. The Hall–Kier alpha value is -4.36. The summed E-state index contributed by atoms with van der Waals surface area (Å²) in [6.45, 7) is 6.09. The number of rotatable bonds is 3. The maximum absolute atomic E-state index is 13.2. The maximum Gasteiger partial charge on any atom is 0.416 e. The summed E-state index contributed by atoms with van der Waals surface area (Å²) < 4.78 is 46.7. The third kappa shape index (κ3) is 5.33. The summed E-state index contributed by atoms with van der Waals surface area (Å²) in [4.78, 5) is 19.5. The largest absolute Gasteiger partial charge is 0.416 e. The number of carbonyl (C=O) groups is 1. The van der Waals surface area contributed by atoms with Crippen molar-refractivity contribution in [2.45, 2.75) is 20.0 Å². The van der Waals surface area contributed by atoms with E-state index >= 15 is 0 Å². The number of carbonyl (C=O) groups excluding carboxylic acids is 1. The number of imidazole rings is 1. The smallest absolute Gasteiger partial charge is 0.378 e. The molecule has 1 aliphatic rings. The molecule has 2 aromatic carbocycles. The number of nitrogens with one attached hydrogen (secondary N) is 1. The molecule has 2 aromatic heterocycles. The number of halogens is 3. The van der Waals surface area contributed by atoms with Crippen LogP contribution in [0.3, 0.4) is 0 Å². The molecule has 1 fully saturated rings. The fourth-order valence-corrected chi connectivity index (χ4v) is 4.28. The van der Waals surface area contributed by atoms with Gasteiger partial charge in [-0.25, -0.2) is 9.50 Å². The van der Waals surface area contributed by atoms with Gasteiger partial charge in [-0.05, 0) is 73.4 Å². The van der Waals surface area contributed by atoms with Gasteiger partial charge in [-0.1, -0.05) is 12.0 Å². The van der Waals surface area contributed by atoms with Gasteiger partial charge >= 0.3 is 6.18 Å². The molecule has 194 valence electrons. The topological polar surface area (TPSA) is 71.8 Å². The molecule has 38 heavy (non-hydrogen) atoms. The summed E-state index contributed by atoms with van der Waals surface area (Å²) in [7, 11) is 0. The van der Waals surface area contributed by atoms with Crippen LogP contribution < -0.4 is 10.2 Å². The fraction of sp³-hybridized carbons (Fsp3) is 0.250. The molecule has 0 radical (unpaired) electrons. The zero-order chi connectivity index (χ0) is 26.9. The average Bonchev–Trinajstić information content (AvgIpc) is 3.30. The average molecular weight is 520 g/mol. The normalized spacial score (nSPS) is 13.8. The number of fused-ring (bicyclic) bond motifs is 1. The number of morpholine rings is 1. The van der Waals surface area contributed by atoms with E-state index in [-0.39, 0.29) is 5.69 Å². The van der Waals surface area contributed by atoms with Crippen molar-refractivity contribution in [3.05, 3.63) is 88.2 Å². The molecular formula is C28H24F3N5O2. The van der Waals surface area contributed by atoms with Crippen LogP contribution in [-0.2, 0) is 10.9 Å². The predicted molar refractivity (Wildman–Crippen MR) is 137 cm³/mol. The first kappa shape index (κ1) is 25.3. The Morgan fingerprint density at radius 1 is 1.05 bits per heavy atom. The Bertz CT molecular complexity index is 1580. The van der Waals surface area contributed by atoms with Crippen molar-refractivity contribution >= 4 is 23.1 Å². The lowest BCUT2D eigenvalue weighted by Gasteiger charge is -2.27. The minimum Gasteiger partial charge on any atom is -0.378 e. The Kier molecular flexibility index (Phi) is 6.78. The van der Waals surface area contributed by atoms with E-state index in [0.29, 0.717) is 46.8 Å². The molecule has 0 unspecified atom stereocenters. The van der Waals surface area contributed by atoms with E-state index in [9.17, 15) is 18.0 Å². The minimum atomic E-state index is -4.51. The first-order valence-electron chi connectivity index (χ1n) is 12.0. The molecule has 1 amide bonds. The van der Waals surface area contributed by atoms with E-state index in [4.69, 9.17) is 9.84 Å². The van der Waals surface area contributed by atoms with Gasteiger partial charge in [0.05, 0.1) is 25.0 Å². The van der Waals surface area contributed by atoms with Crippen LogP contribution >= 0.6 is 0 Å². The summed E-state index contributed by atoms with van der Waals surface area (Å²) in [5.41, 5.74) is 2.43. The first-order valence-corrected chi connectivity index (χ1v) is 12.0. The van der Waals surface area contributed by atoms with Crippen molar-refractivity contribution in [3.8, 4) is 11.8 Å². The van der Waals surface area contributed by atoms with Crippen LogP contribution in [0.1, 0.15) is 38.3 Å². The number of nitrogens with zero attached hydrogens (tertiary/aromatic N) is 4. The summed E-state index contributed by atoms with van der Waals surface area (Å²) >= 11 is 0. The van der Waals surface area contributed by atoms with Crippen molar-refractivity contribution in [3.63, 3.8) is 0 Å². The number of aryl methyl sites for hydroxylation is 1. The van der Waals surface area contributed by atoms with Gasteiger partial charge < -0.3 is 15.0 Å². The second kappa shape index (κ2) is 10.2. The Morgan fingerprint density at radius 2 is 1.84 bits per heavy atom. The van der Waals surface area contributed by atoms with Gasteiger partial charge in [-0.3, -0.25) is 4.79 Å². The summed E-state index contributed by atoms with van der Waals surface area (Å²) in [5.74, 6) is 6.47. The SMILES string of the molecule is Cc1cc(NC(=O)c2cccc(C#Cc3cnc4ccc(N5CCOCC5)nn34)c2C)cc(C(F)(F)F)c1. The molecule has 0 saturated carbocycles. The molecule has 0 atom stereocenters. The highest BCUT2D eigenvalue weighted by atomic mass is 19.4. The second-order valence-electron chi connectivity index (χ2n) is 8.97. The van der Waals surface area contributed by atoms with Crippen LogP contribution in [0.15, 0.2) is 54.7 Å². The van der Waals surface area contributed by atoms with Crippen molar-refractivity contribution in [2.24, 2.45) is 0 Å². The number of benzene rings is 2. The predicted octanol–water partition coefficient (Wildman–Crippen LogP) is 4.85. The molecule has 1 N–H and O–H groups in total. The highest BCUT2D eigenvalue weighted by Gasteiger charge is 2.31. The lowest BCUT2D eigenvalue weighted by molar-refractivity contribution is -0.137. The first-order chi connectivity index (χ1) is 18.2. The molecular weight excluding hydrogens is 495 g/mol. The van der Waals surface area contributed by atoms with Gasteiger partial charge in [0.2, 0.25) is 0 Å². The van der Waals surface area contributed by atoms with Crippen molar-refractivity contribution in [1.82, 2.24) is 14.6 Å². The van der Waals surface area contributed by atoms with Crippen LogP contribution in [0.25, 0.3) is 5.65 Å². The highest BCUT2D eigenvalue weighted by Crippen LogP contribution is 2.32. The minimum absolute atomic E-state index is 0.0751. The van der Waals surface area contributed by atoms with Gasteiger partial charge in [-0.2, -0.15) is 13.2 Å². The summed E-state index contributed by atoms with van der Waals surface area (Å²) in [6.07, 6.45) is -2.87. The third-order valence-electron chi connectivity index (χ3n) is 6.25. The molecule has 4 aromatic rings. The molecule has 1 aliphatic heterocycles. The lowest BCUT2D eigenvalue weighted by Crippen LogP contribution is -2.37. The van der Waals surface area contributed by atoms with Crippen LogP contribution in [0.2, 0.25) is 0 Å². The van der Waals surface area contributed by atoms with E-state index in [1.54, 1.807) is 42.8 Å². The van der Waals surface area contributed by atoms with E-state index in [2.05, 4.69) is 27.0 Å². The summed E-state index contributed by atoms with van der Waals surface area (Å²) in [5, 5.41) is 7.28. The standard InChI is InChI=1S/C28H24F3N5O2/c1-18-14-21(28(29,30)31)16-22(15-18)33-27(37)24-5-3-4-20(19(24)2)6-7-23-17-32-25-8-9-26(34-36(23)25)35-10-12-38-13-11-35/h3-5,8-9,14-17H,10-13H2,1-2H3,(H,33,37). The van der Waals surface area contributed by atoms with E-state index in [0.717, 1.165) is 31.0 Å². The fourth-order valence-electron chi connectivity index (χ4n) is 4.28. The number of aromatic nitrogens is 3. The van der Waals surface area contributed by atoms with Crippen LogP contribution in [0.5, 0.6) is 0 Å². The molecule has 7 nitrogen and oxygen atoms in total. The Morgan fingerprint density at radius 3 is 2.61 bits per heavy atom. The second-order valence-corrected chi connectivity index (χ2v) is 8.97. The maximum atomic E-state index is 13.2. The zero-order valence-corrected chi connectivity index (χ0v) is 20.8. The van der Waals surface area contributed by atoms with Crippen molar-refractivity contribution < 1.29 is 22.7 Å². The lowest BCUT2D eigenvalue weighted by atomic mass is 10.0. The van der Waals surface area contributed by atoms with Gasteiger partial charge in [0.15, 0.2) is 5.65 Å². The molecule has 0 bridgehead atoms. The van der Waals surface area contributed by atoms with E-state index in [1.165, 1.54) is 6.07 Å².